The van der Waals surface area contributed by atoms with Crippen molar-refractivity contribution in [3.63, 3.8) is 0 Å². The third-order valence-corrected chi connectivity index (χ3v) is 6.01. The van der Waals surface area contributed by atoms with E-state index in [1.165, 1.54) is 31.2 Å². The van der Waals surface area contributed by atoms with Gasteiger partial charge in [-0.05, 0) is 25.1 Å². The van der Waals surface area contributed by atoms with E-state index in [1.54, 1.807) is 0 Å². The van der Waals surface area contributed by atoms with Crippen molar-refractivity contribution >= 4 is 17.4 Å². The number of hydrogen-bond acceptors (Lipinski definition) is 4. The lowest BCUT2D eigenvalue weighted by molar-refractivity contribution is -0.272. The Morgan fingerprint density at radius 3 is 2.48 bits per heavy atom. The van der Waals surface area contributed by atoms with Crippen molar-refractivity contribution in [2.45, 2.75) is 37.6 Å². The fourth-order valence-corrected chi connectivity index (χ4v) is 4.02. The van der Waals surface area contributed by atoms with E-state index < -0.39 is 53.0 Å². The Bertz CT molecular complexity index is 1090. The number of carbonyl (C=O) groups is 1. The predicted octanol–water partition coefficient (Wildman–Crippen LogP) is 4.34. The normalized spacial score (nSPS) is 25.0. The third kappa shape index (κ3) is 4.24. The predicted molar refractivity (Wildman–Crippen MR) is 110 cm³/mol. The molecule has 11 heteroatoms. The van der Waals surface area contributed by atoms with E-state index in [0.717, 1.165) is 26.2 Å². The maximum atomic E-state index is 14.4. The van der Waals surface area contributed by atoms with Gasteiger partial charge in [0.15, 0.2) is 17.2 Å². The van der Waals surface area contributed by atoms with Crippen molar-refractivity contribution in [1.82, 2.24) is 0 Å². The first-order valence-electron chi connectivity index (χ1n) is 9.83. The number of benzene rings is 2. The van der Waals surface area contributed by atoms with E-state index in [9.17, 15) is 26.7 Å². The molecule has 2 aromatic carbocycles. The number of ether oxygens (including phenoxy) is 2. The summed E-state index contributed by atoms with van der Waals surface area (Å²) in [6.45, 7) is 2.03. The number of nitrogens with one attached hydrogen (secondary N) is 2. The van der Waals surface area contributed by atoms with Gasteiger partial charge in [0.1, 0.15) is 11.9 Å². The molecule has 1 aliphatic heterocycles. The van der Waals surface area contributed by atoms with Gasteiger partial charge in [-0.3, -0.25) is 10.2 Å². The molecule has 3 rings (SSSR count). The number of rotatable bonds is 5. The van der Waals surface area contributed by atoms with Crippen molar-refractivity contribution in [3.05, 3.63) is 59.2 Å². The van der Waals surface area contributed by atoms with Gasteiger partial charge in [-0.25, -0.2) is 4.39 Å². The number of amides is 1. The molecule has 1 saturated heterocycles. The molecule has 1 heterocycles. The number of nitrogen functional groups attached to an aromatic ring is 1. The van der Waals surface area contributed by atoms with Gasteiger partial charge >= 0.3 is 6.18 Å². The van der Waals surface area contributed by atoms with E-state index >= 15 is 0 Å². The molecule has 0 aliphatic carbocycles. The molecule has 0 unspecified atom stereocenters. The standard InChI is InChI=1S/C22H22F5N3O3/c1-10-15(13-7-8-14(23)16(24)17(13)32-3)18(33-21(10,2)22(25,26)27)20(31)30-12-6-4-5-11(9-12)19(28)29/h4-10,15,18H,1-3H3,(H3,28,29)(H,30,31)/t10-,15-,18+,21+/m0/s1. The maximum Gasteiger partial charge on any atom is 0.417 e. The van der Waals surface area contributed by atoms with Crippen LogP contribution in [0.15, 0.2) is 36.4 Å². The highest BCUT2D eigenvalue weighted by Crippen LogP contribution is 2.55. The summed E-state index contributed by atoms with van der Waals surface area (Å²) in [5.41, 5.74) is 3.00. The number of hydrogen-bond donors (Lipinski definition) is 3. The van der Waals surface area contributed by atoms with Crippen LogP contribution < -0.4 is 15.8 Å². The van der Waals surface area contributed by atoms with Crippen LogP contribution in [-0.2, 0) is 9.53 Å². The molecule has 33 heavy (non-hydrogen) atoms. The zero-order valence-corrected chi connectivity index (χ0v) is 17.9. The monoisotopic (exact) mass is 471 g/mol. The van der Waals surface area contributed by atoms with Gasteiger partial charge in [0.25, 0.3) is 5.91 Å². The van der Waals surface area contributed by atoms with E-state index in [-0.39, 0.29) is 22.6 Å². The number of carbonyl (C=O) groups excluding carboxylic acids is 1. The Hall–Kier alpha value is -3.21. The Kier molecular flexibility index (Phi) is 6.38. The van der Waals surface area contributed by atoms with Gasteiger partial charge in [0, 0.05) is 28.7 Å². The van der Waals surface area contributed by atoms with Crippen LogP contribution in [0, 0.1) is 23.0 Å². The molecule has 2 aromatic rings. The smallest absolute Gasteiger partial charge is 0.417 e. The Morgan fingerprint density at radius 1 is 1.24 bits per heavy atom. The Labute approximate surface area is 186 Å². The number of halogens is 5. The van der Waals surface area contributed by atoms with Crippen LogP contribution in [0.3, 0.4) is 0 Å². The van der Waals surface area contributed by atoms with Crippen molar-refractivity contribution in [2.75, 3.05) is 12.4 Å². The summed E-state index contributed by atoms with van der Waals surface area (Å²) in [7, 11) is 1.05. The topological polar surface area (TPSA) is 97.4 Å². The maximum absolute atomic E-state index is 14.4. The second kappa shape index (κ2) is 8.62. The highest BCUT2D eigenvalue weighted by molar-refractivity contribution is 5.99. The lowest BCUT2D eigenvalue weighted by atomic mass is 9.77. The fourth-order valence-electron chi connectivity index (χ4n) is 4.02. The van der Waals surface area contributed by atoms with E-state index in [4.69, 9.17) is 20.6 Å². The van der Waals surface area contributed by atoms with Crippen molar-refractivity contribution in [3.8, 4) is 5.75 Å². The average Bonchev–Trinajstić information content (AvgIpc) is 3.02. The van der Waals surface area contributed by atoms with Gasteiger partial charge in [0.2, 0.25) is 5.82 Å². The molecule has 4 N–H and O–H groups in total. The van der Waals surface area contributed by atoms with Crippen LogP contribution in [-0.4, -0.2) is 36.7 Å². The van der Waals surface area contributed by atoms with E-state index in [1.807, 2.05) is 0 Å². The number of anilines is 1. The first-order valence-corrected chi connectivity index (χ1v) is 9.83. The summed E-state index contributed by atoms with van der Waals surface area (Å²) < 4.78 is 80.2. The average molecular weight is 471 g/mol. The number of nitrogens with two attached hydrogens (primary N) is 1. The van der Waals surface area contributed by atoms with Crippen molar-refractivity contribution < 1.29 is 36.2 Å². The molecule has 1 aliphatic rings. The van der Waals surface area contributed by atoms with Gasteiger partial charge in [-0.2, -0.15) is 17.6 Å². The number of methoxy groups -OCH3 is 1. The van der Waals surface area contributed by atoms with E-state index in [0.29, 0.717) is 0 Å². The van der Waals surface area contributed by atoms with Crippen LogP contribution in [0.2, 0.25) is 0 Å². The van der Waals surface area contributed by atoms with Crippen molar-refractivity contribution in [2.24, 2.45) is 11.7 Å². The summed E-state index contributed by atoms with van der Waals surface area (Å²) >= 11 is 0. The van der Waals surface area contributed by atoms with Gasteiger partial charge in [0.05, 0.1) is 7.11 Å². The van der Waals surface area contributed by atoms with Crippen LogP contribution in [0.1, 0.15) is 30.9 Å². The second-order valence-electron chi connectivity index (χ2n) is 7.93. The highest BCUT2D eigenvalue weighted by Gasteiger charge is 2.65. The molecule has 4 atom stereocenters. The molecular weight excluding hydrogens is 449 g/mol. The molecule has 0 saturated carbocycles. The zero-order valence-electron chi connectivity index (χ0n) is 17.9. The highest BCUT2D eigenvalue weighted by atomic mass is 19.4. The van der Waals surface area contributed by atoms with Gasteiger partial charge in [-0.1, -0.05) is 25.1 Å². The van der Waals surface area contributed by atoms with Gasteiger partial charge in [-0.15, -0.1) is 0 Å². The molecule has 0 radical (unpaired) electrons. The minimum Gasteiger partial charge on any atom is -0.493 e. The molecule has 6 nitrogen and oxygen atoms in total. The summed E-state index contributed by atoms with van der Waals surface area (Å²) in [6.07, 6.45) is -6.58. The third-order valence-electron chi connectivity index (χ3n) is 6.01. The Morgan fingerprint density at radius 2 is 1.91 bits per heavy atom. The fraction of sp³-hybridized carbons (Fsp3) is 0.364. The largest absolute Gasteiger partial charge is 0.493 e. The minimum atomic E-state index is -4.86. The molecule has 0 aromatic heterocycles. The zero-order chi connectivity index (χ0) is 24.7. The molecule has 1 amide bonds. The van der Waals surface area contributed by atoms with Gasteiger partial charge < -0.3 is 20.5 Å². The quantitative estimate of drug-likeness (QED) is 0.343. The van der Waals surface area contributed by atoms with Crippen LogP contribution in [0.5, 0.6) is 5.75 Å². The number of alkyl halides is 3. The first-order chi connectivity index (χ1) is 15.3. The van der Waals surface area contributed by atoms with Crippen LogP contribution in [0.25, 0.3) is 0 Å². The lowest BCUT2D eigenvalue weighted by Gasteiger charge is -2.32. The number of amidine groups is 1. The van der Waals surface area contributed by atoms with Crippen LogP contribution >= 0.6 is 0 Å². The molecule has 178 valence electrons. The summed E-state index contributed by atoms with van der Waals surface area (Å²) in [6, 6.07) is 7.69. The van der Waals surface area contributed by atoms with Crippen molar-refractivity contribution in [1.29, 1.82) is 5.41 Å². The first kappa shape index (κ1) is 24.4. The van der Waals surface area contributed by atoms with E-state index in [2.05, 4.69) is 5.32 Å². The summed E-state index contributed by atoms with van der Waals surface area (Å²) in [4.78, 5) is 13.1. The molecule has 0 spiro atoms. The molecular formula is C22H22F5N3O3. The summed E-state index contributed by atoms with van der Waals surface area (Å²) in [5, 5.41) is 9.95. The minimum absolute atomic E-state index is 0.130. The van der Waals surface area contributed by atoms with Crippen LogP contribution in [0.4, 0.5) is 27.6 Å². The Balaban J connectivity index is 2.07. The second-order valence-corrected chi connectivity index (χ2v) is 7.93. The SMILES string of the molecule is COc1c([C@H]2[C@H](C(=O)Nc3cccc(C(=N)N)c3)O[C@@](C)(C(F)(F)F)[C@H]2C)ccc(F)c1F. The summed E-state index contributed by atoms with van der Waals surface area (Å²) in [5.74, 6) is -7.12. The molecule has 0 bridgehead atoms. The lowest BCUT2D eigenvalue weighted by Crippen LogP contribution is -2.47. The molecule has 1 fully saturated rings.